The van der Waals surface area contributed by atoms with Crippen LogP contribution in [-0.2, 0) is 0 Å². The Morgan fingerprint density at radius 1 is 0.326 bits per heavy atom. The van der Waals surface area contributed by atoms with Gasteiger partial charge in [0, 0.05) is 43.8 Å². The van der Waals surface area contributed by atoms with Gasteiger partial charge in [-0.15, -0.1) is 0 Å². The van der Waals surface area contributed by atoms with Crippen LogP contribution in [0.25, 0.3) is 66.2 Å². The monoisotopic (exact) mass is 588 g/mol. The summed E-state index contributed by atoms with van der Waals surface area (Å²) in [5.41, 5.74) is 20.7. The smallest absolute Gasteiger partial charge is 0.0626 e. The van der Waals surface area contributed by atoms with Crippen LogP contribution < -0.4 is 0 Å². The predicted molar refractivity (Wildman–Crippen MR) is 195 cm³/mol. The Morgan fingerprint density at radius 3 is 0.891 bits per heavy atom. The fraction of sp³-hybridized carbons (Fsp3) is 0.0909. The minimum atomic E-state index is 1.24. The maximum absolute atomic E-state index is 2.55. The summed E-state index contributed by atoms with van der Waals surface area (Å²) < 4.78 is 5.10. The molecule has 0 amide bonds. The van der Waals surface area contributed by atoms with Crippen molar-refractivity contribution in [3.8, 4) is 0 Å². The van der Waals surface area contributed by atoms with Gasteiger partial charge in [-0.1, -0.05) is 84.9 Å². The average Bonchev–Trinajstić information content (AvgIpc) is 3.77. The highest BCUT2D eigenvalue weighted by atomic mass is 15.0. The van der Waals surface area contributed by atoms with E-state index in [1.54, 1.807) is 0 Å². The molecule has 2 nitrogen and oxygen atoms in total. The topological polar surface area (TPSA) is 9.86 Å². The van der Waals surface area contributed by atoms with Crippen molar-refractivity contribution in [2.75, 3.05) is 0 Å². The SMILES string of the molecule is Cc1cc2c(cc1C)C(n1c3ccccc3c3ccccc31)=C1C2=C(n2c3ccccc3c3ccccc32)c2cc(C)c(C)cc21. The first kappa shape index (κ1) is 25.7. The van der Waals surface area contributed by atoms with E-state index in [1.165, 1.54) is 111 Å². The summed E-state index contributed by atoms with van der Waals surface area (Å²) >= 11 is 0. The van der Waals surface area contributed by atoms with Crippen molar-refractivity contribution in [2.24, 2.45) is 0 Å². The normalized spacial score (nSPS) is 13.9. The van der Waals surface area contributed by atoms with Crippen molar-refractivity contribution in [3.05, 3.63) is 166 Å². The van der Waals surface area contributed by atoms with Gasteiger partial charge in [0.15, 0.2) is 0 Å². The second kappa shape index (κ2) is 8.99. The van der Waals surface area contributed by atoms with Gasteiger partial charge in [0.2, 0.25) is 0 Å². The van der Waals surface area contributed by atoms with Gasteiger partial charge in [-0.2, -0.15) is 0 Å². The van der Waals surface area contributed by atoms with Crippen molar-refractivity contribution in [2.45, 2.75) is 27.7 Å². The Morgan fingerprint density at radius 2 is 0.587 bits per heavy atom. The van der Waals surface area contributed by atoms with Gasteiger partial charge in [0.25, 0.3) is 0 Å². The van der Waals surface area contributed by atoms with Gasteiger partial charge in [-0.3, -0.25) is 0 Å². The van der Waals surface area contributed by atoms with Crippen molar-refractivity contribution < 1.29 is 0 Å². The lowest BCUT2D eigenvalue weighted by molar-refractivity contribution is 1.20. The Bertz CT molecular complexity index is 2430. The lowest BCUT2D eigenvalue weighted by Gasteiger charge is -2.18. The Hall–Kier alpha value is -5.60. The quantitative estimate of drug-likeness (QED) is 0.190. The lowest BCUT2D eigenvalue weighted by atomic mass is 9.96. The van der Waals surface area contributed by atoms with E-state index in [0.29, 0.717) is 0 Å². The van der Waals surface area contributed by atoms with Crippen molar-refractivity contribution in [1.82, 2.24) is 9.13 Å². The van der Waals surface area contributed by atoms with E-state index >= 15 is 0 Å². The third-order valence-electron chi connectivity index (χ3n) is 10.6. The van der Waals surface area contributed by atoms with Crippen LogP contribution in [0.15, 0.2) is 121 Å². The highest BCUT2D eigenvalue weighted by Gasteiger charge is 2.40. The molecule has 0 atom stereocenters. The van der Waals surface area contributed by atoms with Gasteiger partial charge < -0.3 is 9.13 Å². The highest BCUT2D eigenvalue weighted by molar-refractivity contribution is 6.34. The molecular formula is C44H32N2. The second-order valence-corrected chi connectivity index (χ2v) is 13.2. The molecule has 10 rings (SSSR count). The van der Waals surface area contributed by atoms with E-state index in [1.807, 2.05) is 0 Å². The third kappa shape index (κ3) is 3.16. The van der Waals surface area contributed by atoms with Gasteiger partial charge in [-0.05, 0) is 97.5 Å². The number of hydrogen-bond acceptors (Lipinski definition) is 0. The van der Waals surface area contributed by atoms with Crippen LogP contribution in [0.3, 0.4) is 0 Å². The number of hydrogen-bond donors (Lipinski definition) is 0. The fourth-order valence-corrected chi connectivity index (χ4v) is 8.26. The average molecular weight is 589 g/mol. The molecule has 2 heteroatoms. The first-order valence-corrected chi connectivity index (χ1v) is 16.2. The molecule has 8 aromatic rings. The largest absolute Gasteiger partial charge is 0.308 e. The lowest BCUT2D eigenvalue weighted by Crippen LogP contribution is -2.03. The van der Waals surface area contributed by atoms with Crippen LogP contribution in [0, 0.1) is 27.7 Å². The molecule has 0 aliphatic heterocycles. The van der Waals surface area contributed by atoms with Crippen molar-refractivity contribution >= 4 is 66.2 Å². The molecule has 0 bridgehead atoms. The molecule has 0 N–H and O–H groups in total. The molecule has 218 valence electrons. The molecule has 0 unspecified atom stereocenters. The molecule has 2 heterocycles. The molecule has 2 aliphatic carbocycles. The van der Waals surface area contributed by atoms with Crippen LogP contribution in [0.2, 0.25) is 0 Å². The summed E-state index contributed by atoms with van der Waals surface area (Å²) in [5, 5.41) is 5.15. The van der Waals surface area contributed by atoms with E-state index in [0.717, 1.165) is 0 Å². The molecule has 2 aliphatic rings. The van der Waals surface area contributed by atoms with E-state index < -0.39 is 0 Å². The molecule has 0 fully saturated rings. The first-order chi connectivity index (χ1) is 22.5. The number of aryl methyl sites for hydroxylation is 4. The summed E-state index contributed by atoms with van der Waals surface area (Å²) in [6, 6.07) is 45.3. The summed E-state index contributed by atoms with van der Waals surface area (Å²) in [7, 11) is 0. The van der Waals surface area contributed by atoms with Crippen LogP contribution in [0.4, 0.5) is 0 Å². The molecule has 0 saturated carbocycles. The first-order valence-electron chi connectivity index (χ1n) is 16.2. The number of para-hydroxylation sites is 4. The zero-order valence-corrected chi connectivity index (χ0v) is 26.4. The van der Waals surface area contributed by atoms with Gasteiger partial charge in [-0.25, -0.2) is 0 Å². The van der Waals surface area contributed by atoms with Gasteiger partial charge in [0.05, 0.1) is 33.5 Å². The Labute approximate surface area is 268 Å². The van der Waals surface area contributed by atoms with Crippen LogP contribution >= 0.6 is 0 Å². The minimum absolute atomic E-state index is 1.24. The van der Waals surface area contributed by atoms with E-state index in [4.69, 9.17) is 0 Å². The third-order valence-corrected chi connectivity index (χ3v) is 10.6. The number of allylic oxidation sites excluding steroid dienone is 2. The Kier molecular flexibility index (Phi) is 5.02. The second-order valence-electron chi connectivity index (χ2n) is 13.2. The van der Waals surface area contributed by atoms with Crippen molar-refractivity contribution in [3.63, 3.8) is 0 Å². The summed E-state index contributed by atoms with van der Waals surface area (Å²) in [6.07, 6.45) is 0. The standard InChI is InChI=1S/C44H32N2/c1-25-21-33-35(23-27(25)3)43(45-37-17-9-5-13-29(37)30-14-6-10-18-38(30)45)42-34-22-26(2)28(4)24-36(34)44(41(33)42)46-39-19-11-7-15-31(39)32-16-8-12-20-40(32)46/h5-24H,1-4H3. The predicted octanol–water partition coefficient (Wildman–Crippen LogP) is 11.3. The van der Waals surface area contributed by atoms with E-state index in [2.05, 4.69) is 158 Å². The number of fused-ring (bicyclic) bond motifs is 11. The Balaban J connectivity index is 1.47. The molecule has 0 saturated heterocycles. The number of rotatable bonds is 2. The highest BCUT2D eigenvalue weighted by Crippen LogP contribution is 2.58. The molecule has 0 radical (unpaired) electrons. The zero-order valence-electron chi connectivity index (χ0n) is 26.4. The van der Waals surface area contributed by atoms with E-state index in [-0.39, 0.29) is 0 Å². The molecule has 2 aromatic heterocycles. The molecule has 6 aromatic carbocycles. The number of aromatic nitrogens is 2. The van der Waals surface area contributed by atoms with Gasteiger partial charge in [0.1, 0.15) is 0 Å². The van der Waals surface area contributed by atoms with Gasteiger partial charge >= 0.3 is 0 Å². The molecule has 0 spiro atoms. The summed E-state index contributed by atoms with van der Waals surface area (Å²) in [6.45, 7) is 9.01. The maximum atomic E-state index is 2.55. The van der Waals surface area contributed by atoms with Crippen LogP contribution in [0.1, 0.15) is 44.5 Å². The summed E-state index contributed by atoms with van der Waals surface area (Å²) in [5.74, 6) is 0. The van der Waals surface area contributed by atoms with Crippen LogP contribution in [0.5, 0.6) is 0 Å². The van der Waals surface area contributed by atoms with Crippen molar-refractivity contribution in [1.29, 1.82) is 0 Å². The van der Waals surface area contributed by atoms with Crippen LogP contribution in [-0.4, -0.2) is 9.13 Å². The fourth-order valence-electron chi connectivity index (χ4n) is 8.26. The number of benzene rings is 6. The maximum Gasteiger partial charge on any atom is 0.0626 e. The molecular weight excluding hydrogens is 556 g/mol. The molecule has 46 heavy (non-hydrogen) atoms. The minimum Gasteiger partial charge on any atom is -0.308 e. The van der Waals surface area contributed by atoms with E-state index in [9.17, 15) is 0 Å². The summed E-state index contributed by atoms with van der Waals surface area (Å²) in [4.78, 5) is 0. The zero-order chi connectivity index (χ0) is 30.8. The number of nitrogens with zero attached hydrogens (tertiary/aromatic N) is 2.